The molecule has 0 atom stereocenters. The van der Waals surface area contributed by atoms with Crippen LogP contribution in [0.2, 0.25) is 0 Å². The van der Waals surface area contributed by atoms with Crippen molar-refractivity contribution in [2.45, 2.75) is 9.79 Å². The van der Waals surface area contributed by atoms with Crippen molar-refractivity contribution in [1.29, 1.82) is 0 Å². The maximum Gasteiger partial charge on any atom is 0.295 e. The van der Waals surface area contributed by atoms with Crippen molar-refractivity contribution < 1.29 is 30.9 Å². The number of hydrogen-bond donors (Lipinski definition) is 3. The third-order valence-corrected chi connectivity index (χ3v) is 7.15. The number of fused-ring (bicyclic) bond motifs is 1. The van der Waals surface area contributed by atoms with Crippen LogP contribution in [0.15, 0.2) is 92.8 Å². The molecule has 4 rings (SSSR count). The number of benzene rings is 4. The molecule has 0 unspecified atom stereocenters. The molecule has 0 saturated carbocycles. The van der Waals surface area contributed by atoms with Gasteiger partial charge in [0.15, 0.2) is 0 Å². The SMILES string of the molecule is Nc1ccc2cc(S(=O)(=O)O)ccc2c1N=Nc1ccc(C=Cc2ccc([N+](=O)[O-])cc2S(=O)(=O)O)cc1. The summed E-state index contributed by atoms with van der Waals surface area (Å²) in [7, 11) is -9.07. The van der Waals surface area contributed by atoms with Crippen molar-refractivity contribution in [3.8, 4) is 0 Å². The number of nitrogen functional groups attached to an aromatic ring is 1. The normalized spacial score (nSPS) is 12.5. The molecule has 14 heteroatoms. The van der Waals surface area contributed by atoms with Crippen LogP contribution in [-0.2, 0) is 20.2 Å². The molecule has 0 amide bonds. The zero-order chi connectivity index (χ0) is 27.7. The van der Waals surface area contributed by atoms with E-state index in [4.69, 9.17) is 5.73 Å². The van der Waals surface area contributed by atoms with Crippen molar-refractivity contribution in [2.75, 3.05) is 5.73 Å². The van der Waals surface area contributed by atoms with E-state index in [9.17, 15) is 36.1 Å². The molecule has 0 radical (unpaired) electrons. The first-order valence-corrected chi connectivity index (χ1v) is 13.5. The second-order valence-electron chi connectivity index (χ2n) is 7.94. The maximum atomic E-state index is 11.7. The molecule has 0 aliphatic rings. The largest absolute Gasteiger partial charge is 0.397 e. The fourth-order valence-corrected chi connectivity index (χ4v) is 4.74. The van der Waals surface area contributed by atoms with E-state index in [1.165, 1.54) is 36.4 Å². The van der Waals surface area contributed by atoms with Gasteiger partial charge in [0, 0.05) is 17.5 Å². The van der Waals surface area contributed by atoms with Crippen LogP contribution >= 0.6 is 0 Å². The minimum atomic E-state index is -4.70. The van der Waals surface area contributed by atoms with E-state index in [0.29, 0.717) is 33.4 Å². The Hall–Kier alpha value is -4.50. The second-order valence-corrected chi connectivity index (χ2v) is 10.8. The Morgan fingerprint density at radius 1 is 0.816 bits per heavy atom. The highest BCUT2D eigenvalue weighted by Crippen LogP contribution is 2.34. The van der Waals surface area contributed by atoms with Crippen molar-refractivity contribution in [2.24, 2.45) is 10.2 Å². The summed E-state index contributed by atoms with van der Waals surface area (Å²) in [6.07, 6.45) is 2.94. The van der Waals surface area contributed by atoms with Gasteiger partial charge in [0.05, 0.1) is 21.2 Å². The summed E-state index contributed by atoms with van der Waals surface area (Å²) in [5.41, 5.74) is 7.31. The Kier molecular flexibility index (Phi) is 7.06. The van der Waals surface area contributed by atoms with Gasteiger partial charge in [-0.2, -0.15) is 21.9 Å². The molecule has 0 saturated heterocycles. The van der Waals surface area contributed by atoms with Crippen molar-refractivity contribution in [1.82, 2.24) is 0 Å². The van der Waals surface area contributed by atoms with Crippen LogP contribution in [0.4, 0.5) is 22.7 Å². The van der Waals surface area contributed by atoms with E-state index in [0.717, 1.165) is 12.1 Å². The highest BCUT2D eigenvalue weighted by molar-refractivity contribution is 7.86. The average molecular weight is 555 g/mol. The number of azo groups is 1. The molecule has 0 aliphatic carbocycles. The number of nitro benzene ring substituents is 1. The highest BCUT2D eigenvalue weighted by atomic mass is 32.2. The first-order valence-electron chi connectivity index (χ1n) is 10.6. The highest BCUT2D eigenvalue weighted by Gasteiger charge is 2.19. The van der Waals surface area contributed by atoms with Crippen LogP contribution in [0.5, 0.6) is 0 Å². The van der Waals surface area contributed by atoms with Crippen LogP contribution in [0.1, 0.15) is 11.1 Å². The molecule has 4 aromatic rings. The van der Waals surface area contributed by atoms with E-state index < -0.39 is 35.7 Å². The third-order valence-electron chi connectivity index (χ3n) is 5.39. The van der Waals surface area contributed by atoms with Crippen molar-refractivity contribution in [3.05, 3.63) is 94.0 Å². The molecule has 4 aromatic carbocycles. The first-order chi connectivity index (χ1) is 17.8. The van der Waals surface area contributed by atoms with Gasteiger partial charge in [-0.3, -0.25) is 19.2 Å². The number of nitrogens with two attached hydrogens (primary N) is 1. The fraction of sp³-hybridized carbons (Fsp3) is 0. The van der Waals surface area contributed by atoms with Crippen LogP contribution in [0.3, 0.4) is 0 Å². The van der Waals surface area contributed by atoms with Gasteiger partial charge in [-0.05, 0) is 52.9 Å². The van der Waals surface area contributed by atoms with E-state index in [2.05, 4.69) is 10.2 Å². The van der Waals surface area contributed by atoms with Gasteiger partial charge in [-0.15, -0.1) is 5.11 Å². The van der Waals surface area contributed by atoms with Gasteiger partial charge >= 0.3 is 0 Å². The molecule has 0 aliphatic heterocycles. The standard InChI is InChI=1S/C24H18N4O8S2/c25-22-12-6-17-13-20(37(31,32)33)10-11-21(17)24(22)27-26-18-7-2-15(3-8-18)1-4-16-5-9-19(28(29)30)14-23(16)38(34,35)36/h1-14H,25H2,(H,31,32,33)(H,34,35,36). The lowest BCUT2D eigenvalue weighted by Crippen LogP contribution is -2.02. The smallest absolute Gasteiger partial charge is 0.295 e. The molecule has 12 nitrogen and oxygen atoms in total. The predicted octanol–water partition coefficient (Wildman–Crippen LogP) is 5.41. The van der Waals surface area contributed by atoms with Gasteiger partial charge in [-0.25, -0.2) is 0 Å². The molecule has 38 heavy (non-hydrogen) atoms. The van der Waals surface area contributed by atoms with E-state index in [1.807, 2.05) is 0 Å². The summed E-state index contributed by atoms with van der Waals surface area (Å²) in [6.45, 7) is 0. The van der Waals surface area contributed by atoms with Crippen LogP contribution in [0, 0.1) is 10.1 Å². The molecular formula is C24H18N4O8S2. The summed E-state index contributed by atoms with van der Waals surface area (Å²) >= 11 is 0. The minimum Gasteiger partial charge on any atom is -0.397 e. The number of nitro groups is 1. The molecule has 0 fully saturated rings. The van der Waals surface area contributed by atoms with Crippen molar-refractivity contribution in [3.63, 3.8) is 0 Å². The zero-order valence-electron chi connectivity index (χ0n) is 19.2. The maximum absolute atomic E-state index is 11.7. The van der Waals surface area contributed by atoms with Gasteiger partial charge in [0.25, 0.3) is 25.9 Å². The average Bonchev–Trinajstić information content (AvgIpc) is 2.86. The monoisotopic (exact) mass is 554 g/mol. The van der Waals surface area contributed by atoms with Gasteiger partial charge < -0.3 is 5.73 Å². The Morgan fingerprint density at radius 3 is 2.16 bits per heavy atom. The number of rotatable bonds is 7. The van der Waals surface area contributed by atoms with Crippen LogP contribution in [-0.4, -0.2) is 30.9 Å². The van der Waals surface area contributed by atoms with Crippen molar-refractivity contribution >= 4 is 65.9 Å². The number of anilines is 1. The fourth-order valence-electron chi connectivity index (χ4n) is 3.52. The summed E-state index contributed by atoms with van der Waals surface area (Å²) in [4.78, 5) is 9.31. The quantitative estimate of drug-likeness (QED) is 0.0666. The van der Waals surface area contributed by atoms with Crippen LogP contribution in [0.25, 0.3) is 22.9 Å². The predicted molar refractivity (Wildman–Crippen MR) is 141 cm³/mol. The number of nitrogens with zero attached hydrogens (tertiary/aromatic N) is 3. The lowest BCUT2D eigenvalue weighted by molar-refractivity contribution is -0.385. The number of hydrogen-bond acceptors (Lipinski definition) is 9. The Bertz CT molecular complexity index is 1850. The van der Waals surface area contributed by atoms with Crippen LogP contribution < -0.4 is 5.73 Å². The third kappa shape index (κ3) is 5.90. The summed E-state index contributed by atoms with van der Waals surface area (Å²) in [5.74, 6) is 0. The van der Waals surface area contributed by atoms with E-state index in [-0.39, 0.29) is 10.5 Å². The first kappa shape index (κ1) is 26.6. The second kappa shape index (κ2) is 10.1. The lowest BCUT2D eigenvalue weighted by Gasteiger charge is -2.06. The Balaban J connectivity index is 1.59. The molecule has 0 spiro atoms. The lowest BCUT2D eigenvalue weighted by atomic mass is 10.1. The molecule has 194 valence electrons. The Labute approximate surface area is 216 Å². The molecule has 0 aromatic heterocycles. The number of non-ortho nitro benzene ring substituents is 1. The van der Waals surface area contributed by atoms with Gasteiger partial charge in [-0.1, -0.05) is 36.4 Å². The molecule has 0 heterocycles. The zero-order valence-corrected chi connectivity index (χ0v) is 20.8. The molecule has 0 bridgehead atoms. The topological polar surface area (TPSA) is 203 Å². The summed E-state index contributed by atoms with van der Waals surface area (Å²) in [6, 6.07) is 16.8. The summed E-state index contributed by atoms with van der Waals surface area (Å²) in [5, 5.41) is 20.3. The molecule has 4 N–H and O–H groups in total. The van der Waals surface area contributed by atoms with E-state index >= 15 is 0 Å². The van der Waals surface area contributed by atoms with Gasteiger partial charge in [0.2, 0.25) is 0 Å². The Morgan fingerprint density at radius 2 is 1.53 bits per heavy atom. The molecular weight excluding hydrogens is 536 g/mol. The van der Waals surface area contributed by atoms with Gasteiger partial charge in [0.1, 0.15) is 10.6 Å². The minimum absolute atomic E-state index is 0.0606. The summed E-state index contributed by atoms with van der Waals surface area (Å²) < 4.78 is 64.9. The van der Waals surface area contributed by atoms with E-state index in [1.54, 1.807) is 36.4 Å².